The maximum atomic E-state index is 15.1. The van der Waals surface area contributed by atoms with Gasteiger partial charge in [-0.3, -0.25) is 47.9 Å². The van der Waals surface area contributed by atoms with Crippen molar-refractivity contribution in [3.63, 3.8) is 0 Å². The van der Waals surface area contributed by atoms with Crippen LogP contribution in [-0.4, -0.2) is 131 Å². The lowest BCUT2D eigenvalue weighted by Gasteiger charge is -2.44. The molecule has 18 heteroatoms. The SMILES string of the molecule is CC1([C@H](CC(=O)CC2(CS(=O)(=O)C(C)(C)C)CCCCC2)C(=O)N2C[C@H]3[C@@H]([C@H]2C(=O)C[C@@H](CCC2CC2)C(=O)C(=O)CC2CC2)C3(C)C)CCCCC1.CCCC[C@H](CC(=O)[C@@H]1[C@@H]2[C@H](CN1C(=O)[C@@H](CC(=O)CC1(CS(=O)(=O)C(C)(C)C)CCCCC1)C1(C)CCCCC1)C2(C)C)C(=O)C(=O)CC1CC1. The third-order valence-electron chi connectivity index (χ3n) is 29.7. The summed E-state index contributed by atoms with van der Waals surface area (Å²) in [6, 6.07) is -1.31. The van der Waals surface area contributed by atoms with Crippen molar-refractivity contribution in [3.8, 4) is 0 Å². The molecule has 0 radical (unpaired) electrons. The van der Waals surface area contributed by atoms with E-state index < -0.39 is 98.2 Å². The molecule has 0 N–H and O–H groups in total. The van der Waals surface area contributed by atoms with E-state index in [1.807, 2.05) is 6.92 Å². The van der Waals surface area contributed by atoms with E-state index in [1.54, 1.807) is 51.3 Å². The Morgan fingerprint density at radius 1 is 0.429 bits per heavy atom. The Morgan fingerprint density at radius 2 is 0.752 bits per heavy atom. The molecule has 0 spiro atoms. The zero-order valence-corrected chi connectivity index (χ0v) is 69.0. The van der Waals surface area contributed by atoms with E-state index in [9.17, 15) is 55.2 Å². The number of carbonyl (C=O) groups excluding carboxylic acids is 10. The molecule has 105 heavy (non-hydrogen) atoms. The first-order valence-electron chi connectivity index (χ1n) is 42.3. The molecular formula is C87H138N2O14S2. The molecule has 2 aliphatic heterocycles. The third kappa shape index (κ3) is 19.6. The molecule has 0 bridgehead atoms. The lowest BCUT2D eigenvalue weighted by atomic mass is 9.64. The minimum atomic E-state index is -3.46. The summed E-state index contributed by atoms with van der Waals surface area (Å²) in [6.07, 6.45) is 28.7. The van der Waals surface area contributed by atoms with Crippen LogP contribution in [0.15, 0.2) is 0 Å². The number of nitrogens with zero attached hydrogens (tertiary/aromatic N) is 2. The van der Waals surface area contributed by atoms with E-state index in [0.717, 1.165) is 161 Å². The summed E-state index contributed by atoms with van der Waals surface area (Å²) >= 11 is 0. The number of fused-ring (bicyclic) bond motifs is 2. The van der Waals surface area contributed by atoms with Crippen LogP contribution < -0.4 is 0 Å². The van der Waals surface area contributed by atoms with Crippen LogP contribution >= 0.6 is 0 Å². The second-order valence-electron chi connectivity index (χ2n) is 40.8. The number of Topliss-reactive ketones (excluding diaryl/α,β-unsaturated/α-hetero) is 8. The molecule has 592 valence electrons. The van der Waals surface area contributed by atoms with Crippen molar-refractivity contribution in [2.24, 2.45) is 97.6 Å². The van der Waals surface area contributed by atoms with Crippen LogP contribution in [0.4, 0.5) is 0 Å². The number of carbonyl (C=O) groups is 10. The zero-order chi connectivity index (χ0) is 76.8. The highest BCUT2D eigenvalue weighted by Crippen LogP contribution is 2.67. The Balaban J connectivity index is 0.000000225. The van der Waals surface area contributed by atoms with Crippen molar-refractivity contribution in [1.29, 1.82) is 0 Å². The van der Waals surface area contributed by atoms with Gasteiger partial charge in [-0.05, 0) is 212 Å². The average molecular weight is 1500 g/mol. The first-order chi connectivity index (χ1) is 49.0. The number of hydrogen-bond acceptors (Lipinski definition) is 14. The van der Waals surface area contributed by atoms with Gasteiger partial charge in [-0.1, -0.05) is 151 Å². The van der Waals surface area contributed by atoms with Gasteiger partial charge in [0.1, 0.15) is 11.6 Å². The molecule has 11 rings (SSSR count). The number of hydrogen-bond donors (Lipinski definition) is 0. The predicted octanol–water partition coefficient (Wildman–Crippen LogP) is 16.5. The van der Waals surface area contributed by atoms with Gasteiger partial charge in [0.25, 0.3) is 0 Å². The van der Waals surface area contributed by atoms with Gasteiger partial charge < -0.3 is 9.80 Å². The van der Waals surface area contributed by atoms with Crippen LogP contribution in [-0.2, 0) is 67.6 Å². The Labute approximate surface area is 632 Å². The first-order valence-corrected chi connectivity index (χ1v) is 45.6. The molecule has 0 aromatic carbocycles. The summed E-state index contributed by atoms with van der Waals surface area (Å²) in [7, 11) is -6.92. The van der Waals surface area contributed by atoms with Crippen LogP contribution in [0.3, 0.4) is 0 Å². The molecule has 0 aromatic rings. The van der Waals surface area contributed by atoms with Crippen LogP contribution in [0.5, 0.6) is 0 Å². The molecule has 10 atom stereocenters. The lowest BCUT2D eigenvalue weighted by Crippen LogP contribution is -2.52. The second kappa shape index (κ2) is 32.5. The number of unbranched alkanes of at least 4 members (excludes halogenated alkanes) is 1. The highest BCUT2D eigenvalue weighted by molar-refractivity contribution is 7.93. The summed E-state index contributed by atoms with van der Waals surface area (Å²) in [5.74, 6) is -2.95. The molecule has 11 aliphatic rings. The highest BCUT2D eigenvalue weighted by Gasteiger charge is 2.71. The highest BCUT2D eigenvalue weighted by atomic mass is 32.2. The Morgan fingerprint density at radius 3 is 1.07 bits per heavy atom. The summed E-state index contributed by atoms with van der Waals surface area (Å²) in [6.45, 7) is 26.3. The molecule has 11 fully saturated rings. The second-order valence-corrected chi connectivity index (χ2v) is 46.3. The summed E-state index contributed by atoms with van der Waals surface area (Å²) in [5.41, 5.74) is -2.22. The van der Waals surface area contributed by atoms with Crippen molar-refractivity contribution in [2.75, 3.05) is 24.6 Å². The zero-order valence-electron chi connectivity index (χ0n) is 67.3. The summed E-state index contributed by atoms with van der Waals surface area (Å²) in [4.78, 5) is 144. The quantitative estimate of drug-likeness (QED) is 0.0530. The van der Waals surface area contributed by atoms with E-state index in [-0.39, 0.29) is 144 Å². The molecule has 2 heterocycles. The third-order valence-corrected chi connectivity index (χ3v) is 35.4. The lowest BCUT2D eigenvalue weighted by molar-refractivity contribution is -0.150. The number of amides is 2. The maximum Gasteiger partial charge on any atom is 0.227 e. The minimum absolute atomic E-state index is 0.00133. The van der Waals surface area contributed by atoms with Crippen molar-refractivity contribution in [2.45, 2.75) is 362 Å². The minimum Gasteiger partial charge on any atom is -0.332 e. The normalized spacial score (nSPS) is 28.2. The number of likely N-dealkylation sites (tertiary alicyclic amines) is 2. The van der Waals surface area contributed by atoms with Gasteiger partial charge in [0.05, 0.1) is 44.9 Å². The van der Waals surface area contributed by atoms with E-state index >= 15 is 9.59 Å². The van der Waals surface area contributed by atoms with Gasteiger partial charge in [0.15, 0.2) is 42.8 Å². The van der Waals surface area contributed by atoms with E-state index in [0.29, 0.717) is 69.4 Å². The molecule has 2 amide bonds. The van der Waals surface area contributed by atoms with Gasteiger partial charge in [-0.2, -0.15) is 0 Å². The monoisotopic (exact) mass is 1500 g/mol. The van der Waals surface area contributed by atoms with Gasteiger partial charge in [0.2, 0.25) is 23.4 Å². The number of piperidine rings is 2. The topological polar surface area (TPSA) is 245 Å². The number of sulfone groups is 2. The van der Waals surface area contributed by atoms with Gasteiger partial charge in [0, 0.05) is 76.3 Å². The predicted molar refractivity (Wildman–Crippen MR) is 411 cm³/mol. The van der Waals surface area contributed by atoms with Crippen molar-refractivity contribution in [1.82, 2.24) is 9.80 Å². The maximum absolute atomic E-state index is 15.1. The van der Waals surface area contributed by atoms with Gasteiger partial charge in [-0.15, -0.1) is 0 Å². The fourth-order valence-corrected chi connectivity index (χ4v) is 24.6. The molecule has 0 unspecified atom stereocenters. The fourth-order valence-electron chi connectivity index (χ4n) is 21.4. The smallest absolute Gasteiger partial charge is 0.227 e. The van der Waals surface area contributed by atoms with Crippen molar-refractivity contribution in [3.05, 3.63) is 0 Å². The molecular weight excluding hydrogens is 1360 g/mol. The van der Waals surface area contributed by atoms with Crippen LogP contribution in [0.2, 0.25) is 0 Å². The molecule has 9 aliphatic carbocycles. The first kappa shape index (κ1) is 83.7. The number of rotatable bonds is 36. The van der Waals surface area contributed by atoms with Crippen molar-refractivity contribution < 1.29 is 64.8 Å². The summed E-state index contributed by atoms with van der Waals surface area (Å²) < 4.78 is 52.3. The van der Waals surface area contributed by atoms with E-state index in [4.69, 9.17) is 0 Å². The van der Waals surface area contributed by atoms with Crippen LogP contribution in [0, 0.1) is 97.6 Å². The average Bonchev–Trinajstić information content (AvgIpc) is 1.53. The molecule has 0 aromatic heterocycles. The number of ketones is 8. The van der Waals surface area contributed by atoms with Gasteiger partial charge >= 0.3 is 0 Å². The molecule has 9 saturated carbocycles. The van der Waals surface area contributed by atoms with E-state index in [1.165, 1.54) is 0 Å². The van der Waals surface area contributed by atoms with Gasteiger partial charge in [-0.25, -0.2) is 16.8 Å². The van der Waals surface area contributed by atoms with Crippen LogP contribution in [0.1, 0.15) is 340 Å². The largest absolute Gasteiger partial charge is 0.332 e. The fraction of sp³-hybridized carbons (Fsp3) is 0.885. The Bertz CT molecular complexity index is 3460. The molecule has 16 nitrogen and oxygen atoms in total. The Kier molecular flexibility index (Phi) is 25.9. The van der Waals surface area contributed by atoms with E-state index in [2.05, 4.69) is 41.5 Å². The molecule has 2 saturated heterocycles. The summed E-state index contributed by atoms with van der Waals surface area (Å²) in [5, 5.41) is 0. The Hall–Kier alpha value is -3.80. The standard InChI is InChI=1S/C44H69NO7S.C43H69NO7S/c1-41(2,3)53(51,52)28-44(21-11-8-12-22-44)26-32(46)25-33(43(6)19-9-7-10-20-43)40(50)45-27-34-37(42(34,4)5)38(45)35(47)24-31(18-17-29-13-14-29)39(49)36(48)23-30-15-16-30;1-8-9-16-30(38(48)35(47)23-29-17-18-29)24-34(46)37-36-33(41(36,5)6)27-44(37)39(49)32(42(7)19-12-10-13-20-42)25-31(45)26-43(21-14-11-15-22-43)28-52(50,51)40(2,3)4/h29-31,33-34,37-38H,7-28H2,1-6H3;29-30,32-33,36-37H,8-28H2,1-7H3/t31-,33-,34+,37+,38-;30-,32-,33+,36+,37-/m11/s1. The van der Waals surface area contributed by atoms with Crippen molar-refractivity contribution >= 4 is 77.8 Å². The van der Waals surface area contributed by atoms with Crippen LogP contribution in [0.25, 0.3) is 0 Å².